The topological polar surface area (TPSA) is 49.3 Å². The molecule has 2 rings (SSSR count). The van der Waals surface area contributed by atoms with Crippen LogP contribution >= 0.6 is 0 Å². The smallest absolute Gasteiger partial charge is 0.267 e. The Kier molecular flexibility index (Phi) is 3.62. The highest BCUT2D eigenvalue weighted by Gasteiger charge is 2.09. The molecule has 2 aromatic rings. The number of hydrogen-bond acceptors (Lipinski definition) is 1. The molecular formula is C13H17FN3O+. The second-order valence-electron chi connectivity index (χ2n) is 4.63. The highest BCUT2D eigenvalue weighted by molar-refractivity contribution is 5.97. The van der Waals surface area contributed by atoms with Crippen LogP contribution in [0.3, 0.4) is 0 Å². The normalized spacial score (nSPS) is 11.1. The minimum Gasteiger partial charge on any atom is -0.351 e. The fourth-order valence-corrected chi connectivity index (χ4v) is 1.75. The Morgan fingerprint density at radius 2 is 2.17 bits per heavy atom. The molecule has 5 heteroatoms. The molecule has 0 unspecified atom stereocenters. The Morgan fingerprint density at radius 3 is 2.89 bits per heavy atom. The number of benzene rings is 1. The average molecular weight is 250 g/mol. The zero-order chi connectivity index (χ0) is 13.1. The van der Waals surface area contributed by atoms with Crippen molar-refractivity contribution in [3.05, 3.63) is 35.8 Å². The van der Waals surface area contributed by atoms with Crippen molar-refractivity contribution in [2.45, 2.75) is 0 Å². The van der Waals surface area contributed by atoms with Crippen molar-refractivity contribution < 1.29 is 14.1 Å². The maximum atomic E-state index is 13.0. The molecule has 4 nitrogen and oxygen atoms in total. The van der Waals surface area contributed by atoms with Gasteiger partial charge in [0.25, 0.3) is 5.91 Å². The van der Waals surface area contributed by atoms with Crippen LogP contribution in [-0.2, 0) is 0 Å². The quantitative estimate of drug-likeness (QED) is 0.712. The van der Waals surface area contributed by atoms with Gasteiger partial charge in [-0.15, -0.1) is 0 Å². The van der Waals surface area contributed by atoms with Gasteiger partial charge in [-0.3, -0.25) is 4.79 Å². The number of nitrogens with one attached hydrogen (secondary N) is 3. The number of amides is 1. The summed E-state index contributed by atoms with van der Waals surface area (Å²) in [6.07, 6.45) is 0. The third-order valence-corrected chi connectivity index (χ3v) is 2.74. The molecule has 0 spiro atoms. The largest absolute Gasteiger partial charge is 0.351 e. The Labute approximate surface area is 105 Å². The summed E-state index contributed by atoms with van der Waals surface area (Å²) in [5.74, 6) is -0.461. The minimum absolute atomic E-state index is 0.159. The first-order valence-electron chi connectivity index (χ1n) is 5.92. The fourth-order valence-electron chi connectivity index (χ4n) is 1.75. The van der Waals surface area contributed by atoms with E-state index in [1.165, 1.54) is 17.0 Å². The first-order chi connectivity index (χ1) is 8.56. The van der Waals surface area contributed by atoms with Gasteiger partial charge in [-0.2, -0.15) is 0 Å². The summed E-state index contributed by atoms with van der Waals surface area (Å²) in [7, 11) is 4.05. The second-order valence-corrected chi connectivity index (χ2v) is 4.63. The van der Waals surface area contributed by atoms with Gasteiger partial charge >= 0.3 is 0 Å². The molecule has 1 aromatic heterocycles. The number of likely N-dealkylation sites (N-methyl/N-ethyl adjacent to an activating group) is 1. The lowest BCUT2D eigenvalue weighted by Crippen LogP contribution is -3.06. The Bertz CT molecular complexity index is 562. The minimum atomic E-state index is -0.301. The van der Waals surface area contributed by atoms with Gasteiger partial charge in [0.2, 0.25) is 0 Å². The zero-order valence-corrected chi connectivity index (χ0v) is 10.5. The third-order valence-electron chi connectivity index (χ3n) is 2.74. The van der Waals surface area contributed by atoms with Gasteiger partial charge in [0.1, 0.15) is 11.5 Å². The number of aromatic amines is 1. The number of aromatic nitrogens is 1. The van der Waals surface area contributed by atoms with E-state index in [0.717, 1.165) is 12.1 Å². The number of rotatable bonds is 4. The van der Waals surface area contributed by atoms with Crippen molar-refractivity contribution >= 4 is 16.8 Å². The lowest BCUT2D eigenvalue weighted by molar-refractivity contribution is -0.856. The number of quaternary nitrogens is 1. The van der Waals surface area contributed by atoms with Gasteiger partial charge in [-0.1, -0.05) is 0 Å². The number of carbonyl (C=O) groups excluding carboxylic acids is 1. The molecule has 0 bridgehead atoms. The van der Waals surface area contributed by atoms with E-state index in [1.54, 1.807) is 12.1 Å². The van der Waals surface area contributed by atoms with Crippen LogP contribution in [0, 0.1) is 5.82 Å². The Hall–Kier alpha value is -1.88. The highest BCUT2D eigenvalue weighted by Crippen LogP contribution is 2.16. The van der Waals surface area contributed by atoms with Crippen molar-refractivity contribution in [1.82, 2.24) is 10.3 Å². The van der Waals surface area contributed by atoms with Crippen LogP contribution in [0.1, 0.15) is 10.5 Å². The molecule has 0 aliphatic heterocycles. The van der Waals surface area contributed by atoms with Gasteiger partial charge < -0.3 is 15.2 Å². The molecule has 1 aromatic carbocycles. The van der Waals surface area contributed by atoms with Crippen molar-refractivity contribution in [1.29, 1.82) is 0 Å². The van der Waals surface area contributed by atoms with Crippen LogP contribution in [0.4, 0.5) is 4.39 Å². The summed E-state index contributed by atoms with van der Waals surface area (Å²) >= 11 is 0. The van der Waals surface area contributed by atoms with Gasteiger partial charge in [-0.25, -0.2) is 4.39 Å². The van der Waals surface area contributed by atoms with Crippen LogP contribution in [0.2, 0.25) is 0 Å². The fraction of sp³-hybridized carbons (Fsp3) is 0.308. The van der Waals surface area contributed by atoms with E-state index < -0.39 is 0 Å². The van der Waals surface area contributed by atoms with Crippen LogP contribution in [0.25, 0.3) is 10.9 Å². The highest BCUT2D eigenvalue weighted by atomic mass is 19.1. The van der Waals surface area contributed by atoms with Crippen LogP contribution in [0.5, 0.6) is 0 Å². The molecule has 0 radical (unpaired) electrons. The molecule has 0 aliphatic carbocycles. The second kappa shape index (κ2) is 5.18. The van der Waals surface area contributed by atoms with Crippen molar-refractivity contribution in [2.75, 3.05) is 27.2 Å². The van der Waals surface area contributed by atoms with E-state index in [9.17, 15) is 9.18 Å². The Balaban J connectivity index is 2.08. The van der Waals surface area contributed by atoms with E-state index >= 15 is 0 Å². The molecule has 0 aliphatic rings. The van der Waals surface area contributed by atoms with E-state index in [4.69, 9.17) is 0 Å². The maximum Gasteiger partial charge on any atom is 0.267 e. The summed E-state index contributed by atoms with van der Waals surface area (Å²) in [5, 5.41) is 3.53. The predicted octanol–water partition coefficient (Wildman–Crippen LogP) is 0.181. The molecule has 0 fully saturated rings. The third kappa shape index (κ3) is 2.87. The van der Waals surface area contributed by atoms with Crippen LogP contribution in [0.15, 0.2) is 24.3 Å². The van der Waals surface area contributed by atoms with E-state index in [1.807, 2.05) is 14.1 Å². The molecule has 96 valence electrons. The first kappa shape index (κ1) is 12.6. The lowest BCUT2D eigenvalue weighted by atomic mass is 10.2. The summed E-state index contributed by atoms with van der Waals surface area (Å²) in [6, 6.07) is 6.07. The molecule has 18 heavy (non-hydrogen) atoms. The molecule has 1 amide bonds. The van der Waals surface area contributed by atoms with E-state index in [-0.39, 0.29) is 11.7 Å². The van der Waals surface area contributed by atoms with Gasteiger partial charge in [0, 0.05) is 10.9 Å². The number of halogens is 1. The number of fused-ring (bicyclic) bond motifs is 1. The average Bonchev–Trinajstić information content (AvgIpc) is 2.71. The molecule has 1 heterocycles. The number of H-pyrrole nitrogens is 1. The molecule has 3 N–H and O–H groups in total. The van der Waals surface area contributed by atoms with Gasteiger partial charge in [0.05, 0.1) is 27.2 Å². The lowest BCUT2D eigenvalue weighted by Gasteiger charge is -2.07. The first-order valence-corrected chi connectivity index (χ1v) is 5.92. The van der Waals surface area contributed by atoms with Crippen LogP contribution < -0.4 is 10.2 Å². The Morgan fingerprint density at radius 1 is 1.39 bits per heavy atom. The maximum absolute atomic E-state index is 13.0. The monoisotopic (exact) mass is 250 g/mol. The molecule has 0 saturated heterocycles. The predicted molar refractivity (Wildman–Crippen MR) is 68.3 cm³/mol. The summed E-state index contributed by atoms with van der Waals surface area (Å²) in [4.78, 5) is 16.1. The van der Waals surface area contributed by atoms with Crippen molar-refractivity contribution in [3.63, 3.8) is 0 Å². The summed E-state index contributed by atoms with van der Waals surface area (Å²) in [5.41, 5.74) is 1.23. The van der Waals surface area contributed by atoms with E-state index in [2.05, 4.69) is 10.3 Å². The zero-order valence-electron chi connectivity index (χ0n) is 10.5. The molecule has 0 saturated carbocycles. The summed E-state index contributed by atoms with van der Waals surface area (Å²) in [6.45, 7) is 1.48. The standard InChI is InChI=1S/C13H16FN3O/c1-17(2)6-5-15-13(18)12-8-9-7-10(14)3-4-11(9)16-12/h3-4,7-8,16H,5-6H2,1-2H3,(H,15,18)/p+1. The SMILES string of the molecule is C[NH+](C)CCNC(=O)c1cc2cc(F)ccc2[nH]1. The number of carbonyl (C=O) groups is 1. The van der Waals surface area contributed by atoms with E-state index in [0.29, 0.717) is 17.6 Å². The van der Waals surface area contributed by atoms with Gasteiger partial charge in [-0.05, 0) is 24.3 Å². The number of hydrogen-bond donors (Lipinski definition) is 3. The van der Waals surface area contributed by atoms with Gasteiger partial charge in [0.15, 0.2) is 0 Å². The van der Waals surface area contributed by atoms with Crippen LogP contribution in [-0.4, -0.2) is 38.1 Å². The van der Waals surface area contributed by atoms with Crippen molar-refractivity contribution in [2.24, 2.45) is 0 Å². The molecule has 0 atom stereocenters. The summed E-state index contributed by atoms with van der Waals surface area (Å²) < 4.78 is 13.0. The molecular weight excluding hydrogens is 233 g/mol. The van der Waals surface area contributed by atoms with Crippen molar-refractivity contribution in [3.8, 4) is 0 Å².